The van der Waals surface area contributed by atoms with Crippen molar-refractivity contribution in [2.45, 2.75) is 0 Å². The van der Waals surface area contributed by atoms with Gasteiger partial charge in [0, 0.05) is 10.2 Å². The number of aromatic carboxylic acids is 1. The Hall–Kier alpha value is -2.34. The number of rotatable bonds is 3. The molecule has 102 valence electrons. The molecule has 0 aliphatic heterocycles. The summed E-state index contributed by atoms with van der Waals surface area (Å²) in [5.74, 6) is -1.75. The Morgan fingerprint density at radius 3 is 2.50 bits per heavy atom. The van der Waals surface area contributed by atoms with Crippen molar-refractivity contribution >= 4 is 33.5 Å². The fraction of sp³-hybridized carbons (Fsp3) is 0. The first-order valence-electron chi connectivity index (χ1n) is 5.60. The maximum Gasteiger partial charge on any atom is 0.335 e. The highest BCUT2D eigenvalue weighted by Crippen LogP contribution is 2.23. The van der Waals surface area contributed by atoms with Crippen LogP contribution in [0.1, 0.15) is 20.7 Å². The number of anilines is 1. The number of carboxylic acids is 1. The Labute approximate surface area is 123 Å². The lowest BCUT2D eigenvalue weighted by Crippen LogP contribution is -2.12. The first-order valence-corrected chi connectivity index (χ1v) is 6.40. The highest BCUT2D eigenvalue weighted by Gasteiger charge is 2.12. The highest BCUT2D eigenvalue weighted by atomic mass is 79.9. The number of carbonyl (C=O) groups is 2. The van der Waals surface area contributed by atoms with Crippen molar-refractivity contribution < 1.29 is 19.8 Å². The summed E-state index contributed by atoms with van der Waals surface area (Å²) in [5.41, 5.74) is 0.522. The molecule has 0 spiro atoms. The van der Waals surface area contributed by atoms with Gasteiger partial charge in [0.1, 0.15) is 5.75 Å². The molecule has 0 fully saturated rings. The topological polar surface area (TPSA) is 86.6 Å². The lowest BCUT2D eigenvalue weighted by molar-refractivity contribution is 0.0696. The van der Waals surface area contributed by atoms with E-state index in [-0.39, 0.29) is 16.9 Å². The second-order valence-corrected chi connectivity index (χ2v) is 4.92. The van der Waals surface area contributed by atoms with Crippen LogP contribution < -0.4 is 5.32 Å². The van der Waals surface area contributed by atoms with Crippen LogP contribution >= 0.6 is 15.9 Å². The molecular formula is C14H10BrNO4. The zero-order valence-electron chi connectivity index (χ0n) is 10.1. The van der Waals surface area contributed by atoms with Crippen molar-refractivity contribution in [2.75, 3.05) is 5.32 Å². The zero-order valence-corrected chi connectivity index (χ0v) is 11.7. The number of hydrogen-bond acceptors (Lipinski definition) is 3. The molecule has 0 radical (unpaired) electrons. The van der Waals surface area contributed by atoms with Crippen molar-refractivity contribution in [3.8, 4) is 5.75 Å². The summed E-state index contributed by atoms with van der Waals surface area (Å²) in [6.07, 6.45) is 0. The number of phenols is 1. The van der Waals surface area contributed by atoms with Crippen molar-refractivity contribution in [3.05, 3.63) is 58.1 Å². The van der Waals surface area contributed by atoms with E-state index in [1.807, 2.05) is 0 Å². The third kappa shape index (κ3) is 3.16. The lowest BCUT2D eigenvalue weighted by Gasteiger charge is -2.07. The van der Waals surface area contributed by atoms with E-state index in [4.69, 9.17) is 5.11 Å². The van der Waals surface area contributed by atoms with Gasteiger partial charge in [0.25, 0.3) is 5.91 Å². The number of phenolic OH excluding ortho intramolecular Hbond substituents is 1. The Morgan fingerprint density at radius 1 is 1.10 bits per heavy atom. The molecule has 0 atom stereocenters. The average molecular weight is 336 g/mol. The molecule has 0 aliphatic rings. The molecular weight excluding hydrogens is 326 g/mol. The van der Waals surface area contributed by atoms with Gasteiger partial charge in [0.15, 0.2) is 0 Å². The second kappa shape index (κ2) is 5.75. The third-order valence-electron chi connectivity index (χ3n) is 2.57. The van der Waals surface area contributed by atoms with E-state index < -0.39 is 11.9 Å². The van der Waals surface area contributed by atoms with E-state index >= 15 is 0 Å². The van der Waals surface area contributed by atoms with Crippen molar-refractivity contribution in [2.24, 2.45) is 0 Å². The van der Waals surface area contributed by atoms with Crippen LogP contribution in [0, 0.1) is 0 Å². The first-order chi connectivity index (χ1) is 9.47. The van der Waals surface area contributed by atoms with Crippen LogP contribution in [0.15, 0.2) is 46.9 Å². The van der Waals surface area contributed by atoms with Gasteiger partial charge < -0.3 is 15.5 Å². The smallest absolute Gasteiger partial charge is 0.335 e. The van der Waals surface area contributed by atoms with Gasteiger partial charge in [-0.15, -0.1) is 0 Å². The van der Waals surface area contributed by atoms with E-state index in [2.05, 4.69) is 21.2 Å². The van der Waals surface area contributed by atoms with Gasteiger partial charge >= 0.3 is 5.97 Å². The number of benzene rings is 2. The summed E-state index contributed by atoms with van der Waals surface area (Å²) in [6.45, 7) is 0. The van der Waals surface area contributed by atoms with Crippen LogP contribution in [0.25, 0.3) is 0 Å². The number of carbonyl (C=O) groups excluding carboxylic acids is 1. The van der Waals surface area contributed by atoms with Crippen molar-refractivity contribution in [3.63, 3.8) is 0 Å². The number of carboxylic acid groups (broad SMARTS) is 1. The Balaban J connectivity index is 2.23. The predicted molar refractivity (Wildman–Crippen MR) is 77.2 cm³/mol. The molecule has 0 heterocycles. The van der Waals surface area contributed by atoms with E-state index in [1.165, 1.54) is 30.3 Å². The van der Waals surface area contributed by atoms with E-state index in [0.29, 0.717) is 10.2 Å². The molecule has 2 rings (SSSR count). The average Bonchev–Trinajstić information content (AvgIpc) is 2.38. The second-order valence-electron chi connectivity index (χ2n) is 4.00. The zero-order chi connectivity index (χ0) is 14.7. The Morgan fingerprint density at radius 2 is 1.85 bits per heavy atom. The summed E-state index contributed by atoms with van der Waals surface area (Å²) in [4.78, 5) is 22.8. The van der Waals surface area contributed by atoms with Crippen LogP contribution in [0.4, 0.5) is 5.69 Å². The van der Waals surface area contributed by atoms with Crippen LogP contribution in [0.2, 0.25) is 0 Å². The van der Waals surface area contributed by atoms with Crippen LogP contribution in [-0.4, -0.2) is 22.1 Å². The highest BCUT2D eigenvalue weighted by molar-refractivity contribution is 9.10. The summed E-state index contributed by atoms with van der Waals surface area (Å²) >= 11 is 3.18. The molecule has 0 unspecified atom stereocenters. The lowest BCUT2D eigenvalue weighted by atomic mass is 10.1. The van der Waals surface area contributed by atoms with Crippen molar-refractivity contribution in [1.29, 1.82) is 0 Å². The molecule has 0 bridgehead atoms. The molecule has 2 aromatic carbocycles. The van der Waals surface area contributed by atoms with E-state index in [9.17, 15) is 14.7 Å². The minimum absolute atomic E-state index is 0.0721. The minimum atomic E-state index is -1.08. The van der Waals surface area contributed by atoms with Crippen LogP contribution in [0.3, 0.4) is 0 Å². The predicted octanol–water partition coefficient (Wildman–Crippen LogP) is 3.11. The molecule has 0 aliphatic carbocycles. The van der Waals surface area contributed by atoms with Gasteiger partial charge in [-0.05, 0) is 36.4 Å². The molecule has 3 N–H and O–H groups in total. The van der Waals surface area contributed by atoms with Gasteiger partial charge in [0.2, 0.25) is 0 Å². The maximum atomic E-state index is 12.0. The summed E-state index contributed by atoms with van der Waals surface area (Å²) in [7, 11) is 0. The molecule has 0 saturated carbocycles. The maximum absolute atomic E-state index is 12.0. The fourth-order valence-corrected chi connectivity index (χ4v) is 1.97. The number of aromatic hydroxyl groups is 1. The third-order valence-corrected chi connectivity index (χ3v) is 3.07. The van der Waals surface area contributed by atoms with Crippen LogP contribution in [0.5, 0.6) is 5.75 Å². The number of hydrogen-bond donors (Lipinski definition) is 3. The van der Waals surface area contributed by atoms with Crippen molar-refractivity contribution in [1.82, 2.24) is 0 Å². The Bertz CT molecular complexity index is 685. The molecule has 1 amide bonds. The molecule has 2 aromatic rings. The molecule has 20 heavy (non-hydrogen) atoms. The standard InChI is InChI=1S/C14H10BrNO4/c15-9-4-5-11(12(17)7-9)13(18)16-10-3-1-2-8(6-10)14(19)20/h1-7,17H,(H,16,18)(H,19,20). The molecule has 0 aromatic heterocycles. The van der Waals surface area contributed by atoms with Gasteiger partial charge in [0.05, 0.1) is 11.1 Å². The van der Waals surface area contributed by atoms with Gasteiger partial charge in [-0.1, -0.05) is 22.0 Å². The number of nitrogens with one attached hydrogen (secondary N) is 1. The van der Waals surface area contributed by atoms with Gasteiger partial charge in [-0.25, -0.2) is 4.79 Å². The monoisotopic (exact) mass is 335 g/mol. The largest absolute Gasteiger partial charge is 0.507 e. The molecule has 6 heteroatoms. The van der Waals surface area contributed by atoms with E-state index in [1.54, 1.807) is 12.1 Å². The summed E-state index contributed by atoms with van der Waals surface area (Å²) in [6, 6.07) is 10.4. The number of halogens is 1. The minimum Gasteiger partial charge on any atom is -0.507 e. The SMILES string of the molecule is O=C(O)c1cccc(NC(=O)c2ccc(Br)cc2O)c1. The molecule has 0 saturated heterocycles. The summed E-state index contributed by atoms with van der Waals surface area (Å²) in [5, 5.41) is 21.1. The van der Waals surface area contributed by atoms with Gasteiger partial charge in [-0.2, -0.15) is 0 Å². The summed E-state index contributed by atoms with van der Waals surface area (Å²) < 4.78 is 0.652. The van der Waals surface area contributed by atoms with Crippen LogP contribution in [-0.2, 0) is 0 Å². The van der Waals surface area contributed by atoms with Gasteiger partial charge in [-0.3, -0.25) is 4.79 Å². The van der Waals surface area contributed by atoms with E-state index in [0.717, 1.165) is 0 Å². The Kier molecular flexibility index (Phi) is 4.05. The number of amides is 1. The quantitative estimate of drug-likeness (QED) is 0.804. The first kappa shape index (κ1) is 14.1. The normalized spacial score (nSPS) is 10.1. The molecule has 5 nitrogen and oxygen atoms in total. The fourth-order valence-electron chi connectivity index (χ4n) is 1.63.